The Hall–Kier alpha value is -4.36. The highest BCUT2D eigenvalue weighted by molar-refractivity contribution is 7.98. The van der Waals surface area contributed by atoms with Gasteiger partial charge < -0.3 is 19.1 Å². The molecule has 1 N–H and O–H groups in total. The van der Waals surface area contributed by atoms with Gasteiger partial charge in [0, 0.05) is 33.6 Å². The number of rotatable bonds is 11. The average molecular weight is 628 g/mol. The molecule has 5 rings (SSSR count). The number of ether oxygens (including phenoxy) is 2. The van der Waals surface area contributed by atoms with Gasteiger partial charge in [-0.1, -0.05) is 17.3 Å². The van der Waals surface area contributed by atoms with E-state index in [-0.39, 0.29) is 6.61 Å². The molecule has 0 atom stereocenters. The van der Waals surface area contributed by atoms with Crippen LogP contribution in [0.3, 0.4) is 0 Å². The van der Waals surface area contributed by atoms with Crippen LogP contribution in [0.1, 0.15) is 27.6 Å². The lowest BCUT2D eigenvalue weighted by Gasteiger charge is -2.09. The first-order valence-electron chi connectivity index (χ1n) is 12.8. The topological polar surface area (TPSA) is 108 Å². The lowest BCUT2D eigenvalue weighted by Crippen LogP contribution is -2.09. The number of carboxylic acid groups (broad SMARTS) is 1. The molecule has 0 aliphatic rings. The maximum Gasteiger partial charge on any atom is 0.416 e. The summed E-state index contributed by atoms with van der Waals surface area (Å²) in [7, 11) is 0. The molecule has 0 fully saturated rings. The Morgan fingerprint density at radius 3 is 2.33 bits per heavy atom. The molecule has 0 spiro atoms. The normalized spacial score (nSPS) is 11.5. The number of alkyl halides is 3. The molecule has 2 heterocycles. The van der Waals surface area contributed by atoms with Crippen molar-refractivity contribution in [3.8, 4) is 33.5 Å². The van der Waals surface area contributed by atoms with E-state index in [0.717, 1.165) is 33.0 Å². The van der Waals surface area contributed by atoms with Crippen molar-refractivity contribution in [1.82, 2.24) is 15.1 Å². The zero-order chi connectivity index (χ0) is 30.6. The van der Waals surface area contributed by atoms with Gasteiger partial charge in [-0.25, -0.2) is 9.78 Å². The lowest BCUT2D eigenvalue weighted by molar-refractivity contribution is -0.139. The maximum absolute atomic E-state index is 13.1. The SMILES string of the molecule is Cc1nc(-c2ccc(OCc3nc(-c4ccc(C(F)(F)F)cc4)sc3CSc3ccc(OCC(=O)O)c(C)c3)cc2)no1. The minimum Gasteiger partial charge on any atom is -0.487 e. The molecule has 222 valence electrons. The number of carbonyl (C=O) groups is 1. The van der Waals surface area contributed by atoms with E-state index in [1.165, 1.54) is 23.5 Å². The minimum atomic E-state index is -4.42. The van der Waals surface area contributed by atoms with Crippen LogP contribution >= 0.6 is 23.1 Å². The fourth-order valence-corrected chi connectivity index (χ4v) is 6.13. The molecule has 8 nitrogen and oxygen atoms in total. The molecule has 0 saturated carbocycles. The fraction of sp³-hybridized carbons (Fsp3) is 0.200. The fourth-order valence-electron chi connectivity index (χ4n) is 3.96. The van der Waals surface area contributed by atoms with Gasteiger partial charge in [0.1, 0.15) is 23.1 Å². The zero-order valence-corrected chi connectivity index (χ0v) is 24.5. The van der Waals surface area contributed by atoms with Crippen LogP contribution in [0.25, 0.3) is 22.0 Å². The monoisotopic (exact) mass is 627 g/mol. The molecule has 0 bridgehead atoms. The Labute approximate surface area is 252 Å². The summed E-state index contributed by atoms with van der Waals surface area (Å²) >= 11 is 2.93. The van der Waals surface area contributed by atoms with E-state index in [2.05, 4.69) is 10.1 Å². The van der Waals surface area contributed by atoms with Crippen molar-refractivity contribution in [3.05, 3.63) is 94.3 Å². The third kappa shape index (κ3) is 7.73. The van der Waals surface area contributed by atoms with Crippen molar-refractivity contribution < 1.29 is 37.1 Å². The molecule has 0 saturated heterocycles. The van der Waals surface area contributed by atoms with E-state index in [0.29, 0.717) is 45.2 Å². The first kappa shape index (κ1) is 30.1. The summed E-state index contributed by atoms with van der Waals surface area (Å²) in [6.45, 7) is 3.27. The predicted molar refractivity (Wildman–Crippen MR) is 155 cm³/mol. The molecule has 0 radical (unpaired) electrons. The molecule has 0 amide bonds. The number of aliphatic carboxylic acids is 1. The van der Waals surface area contributed by atoms with Crippen molar-refractivity contribution in [2.45, 2.75) is 37.3 Å². The third-order valence-corrected chi connectivity index (χ3v) is 8.47. The Bertz CT molecular complexity index is 1720. The van der Waals surface area contributed by atoms with E-state index >= 15 is 0 Å². The van der Waals surface area contributed by atoms with E-state index in [1.807, 2.05) is 31.2 Å². The first-order chi connectivity index (χ1) is 20.5. The van der Waals surface area contributed by atoms with Crippen LogP contribution in [0.4, 0.5) is 13.2 Å². The highest BCUT2D eigenvalue weighted by Gasteiger charge is 2.30. The average Bonchev–Trinajstić information content (AvgIpc) is 3.60. The van der Waals surface area contributed by atoms with E-state index < -0.39 is 24.3 Å². The second-order valence-electron chi connectivity index (χ2n) is 9.31. The molecule has 0 aliphatic heterocycles. The standard InChI is InChI=1S/C30H24F3N3O5S2/c1-17-13-23(11-12-25(17)40-15-27(37)38)42-16-26-24(35-29(43-26)20-3-7-21(8-4-20)30(31,32)33)14-39-22-9-5-19(6-10-22)28-34-18(2)41-36-28/h3-13H,14-16H2,1-2H3,(H,37,38). The summed E-state index contributed by atoms with van der Waals surface area (Å²) in [5.41, 5.74) is 2.09. The smallest absolute Gasteiger partial charge is 0.416 e. The number of aromatic nitrogens is 3. The van der Waals surface area contributed by atoms with E-state index in [1.54, 1.807) is 36.9 Å². The van der Waals surface area contributed by atoms with Crippen molar-refractivity contribution in [2.75, 3.05) is 6.61 Å². The van der Waals surface area contributed by atoms with Gasteiger partial charge in [0.25, 0.3) is 0 Å². The van der Waals surface area contributed by atoms with Gasteiger partial charge in [0.15, 0.2) is 6.61 Å². The number of thioether (sulfide) groups is 1. The Kier molecular flexibility index (Phi) is 9.02. The van der Waals surface area contributed by atoms with Crippen LogP contribution in [0, 0.1) is 13.8 Å². The summed E-state index contributed by atoms with van der Waals surface area (Å²) in [5, 5.41) is 13.4. The third-order valence-electron chi connectivity index (χ3n) is 6.12. The summed E-state index contributed by atoms with van der Waals surface area (Å²) in [6, 6.07) is 17.6. The second kappa shape index (κ2) is 12.9. The summed E-state index contributed by atoms with van der Waals surface area (Å²) in [6.07, 6.45) is -4.42. The number of hydrogen-bond donors (Lipinski definition) is 1. The van der Waals surface area contributed by atoms with Gasteiger partial charge in [0.2, 0.25) is 11.7 Å². The van der Waals surface area contributed by atoms with Gasteiger partial charge in [-0.3, -0.25) is 0 Å². The Morgan fingerprint density at radius 2 is 1.70 bits per heavy atom. The molecular weight excluding hydrogens is 603 g/mol. The number of carboxylic acids is 1. The van der Waals surface area contributed by atoms with Crippen molar-refractivity contribution >= 4 is 29.1 Å². The number of hydrogen-bond acceptors (Lipinski definition) is 9. The van der Waals surface area contributed by atoms with Crippen molar-refractivity contribution in [1.29, 1.82) is 0 Å². The Balaban J connectivity index is 1.34. The number of aryl methyl sites for hydroxylation is 2. The number of benzene rings is 3. The van der Waals surface area contributed by atoms with E-state index in [4.69, 9.17) is 24.1 Å². The minimum absolute atomic E-state index is 0.148. The van der Waals surface area contributed by atoms with Crippen LogP contribution < -0.4 is 9.47 Å². The molecule has 0 unspecified atom stereocenters. The first-order valence-corrected chi connectivity index (χ1v) is 14.6. The van der Waals surface area contributed by atoms with Gasteiger partial charge in [-0.15, -0.1) is 23.1 Å². The molecule has 5 aromatic rings. The highest BCUT2D eigenvalue weighted by Crippen LogP contribution is 2.36. The van der Waals surface area contributed by atoms with Crippen LogP contribution in [0.15, 0.2) is 76.1 Å². The van der Waals surface area contributed by atoms with Gasteiger partial charge in [-0.05, 0) is 67.1 Å². The quantitative estimate of drug-likeness (QED) is 0.147. The van der Waals surface area contributed by atoms with Crippen LogP contribution in [-0.2, 0) is 23.3 Å². The molecule has 43 heavy (non-hydrogen) atoms. The number of halogens is 3. The predicted octanol–water partition coefficient (Wildman–Crippen LogP) is 7.83. The van der Waals surface area contributed by atoms with Crippen LogP contribution in [0.5, 0.6) is 11.5 Å². The lowest BCUT2D eigenvalue weighted by atomic mass is 10.1. The molecule has 3 aromatic carbocycles. The van der Waals surface area contributed by atoms with Crippen molar-refractivity contribution in [3.63, 3.8) is 0 Å². The molecule has 2 aromatic heterocycles. The van der Waals surface area contributed by atoms with Gasteiger partial charge >= 0.3 is 12.1 Å². The Morgan fingerprint density at radius 1 is 0.977 bits per heavy atom. The largest absolute Gasteiger partial charge is 0.487 e. The summed E-state index contributed by atoms with van der Waals surface area (Å²) < 4.78 is 55.6. The maximum atomic E-state index is 13.1. The summed E-state index contributed by atoms with van der Waals surface area (Å²) in [4.78, 5) is 21.6. The van der Waals surface area contributed by atoms with Gasteiger partial charge in [0.05, 0.1) is 11.3 Å². The second-order valence-corrected chi connectivity index (χ2v) is 11.4. The van der Waals surface area contributed by atoms with Crippen LogP contribution in [-0.4, -0.2) is 32.8 Å². The number of thiazole rings is 1. The summed E-state index contributed by atoms with van der Waals surface area (Å²) in [5.74, 6) is 1.50. The zero-order valence-electron chi connectivity index (χ0n) is 22.8. The molecule has 0 aliphatic carbocycles. The number of nitrogens with zero attached hydrogens (tertiary/aromatic N) is 3. The highest BCUT2D eigenvalue weighted by atomic mass is 32.2. The van der Waals surface area contributed by atoms with Gasteiger partial charge in [-0.2, -0.15) is 18.2 Å². The van der Waals surface area contributed by atoms with Crippen molar-refractivity contribution in [2.24, 2.45) is 0 Å². The molecule has 13 heteroatoms. The van der Waals surface area contributed by atoms with E-state index in [9.17, 15) is 18.0 Å². The van der Waals surface area contributed by atoms with Crippen LogP contribution in [0.2, 0.25) is 0 Å². The molecular formula is C30H24F3N3O5S2.